The van der Waals surface area contributed by atoms with Crippen molar-refractivity contribution in [1.82, 2.24) is 20.2 Å². The Labute approximate surface area is 205 Å². The van der Waals surface area contributed by atoms with Gasteiger partial charge >= 0.3 is 0 Å². The number of tetrazole rings is 1. The maximum absolute atomic E-state index is 6.00. The zero-order valence-corrected chi connectivity index (χ0v) is 19.5. The predicted octanol–water partition coefficient (Wildman–Crippen LogP) is 7.40. The second-order valence-corrected chi connectivity index (χ2v) is 9.09. The van der Waals surface area contributed by atoms with E-state index < -0.39 is 0 Å². The first-order valence-electron chi connectivity index (χ1n) is 10.9. The SMILES string of the molecule is C.C.CC(C)/C=C/c1cc(Cl)ccc1-n1cnnn1.CC(C)c1ccc(CN)c(C2CC2)c1. The lowest BCUT2D eigenvalue weighted by Gasteiger charge is -2.11. The van der Waals surface area contributed by atoms with Gasteiger partial charge in [0, 0.05) is 17.1 Å². The highest BCUT2D eigenvalue weighted by molar-refractivity contribution is 6.30. The van der Waals surface area contributed by atoms with Gasteiger partial charge in [-0.3, -0.25) is 0 Å². The minimum absolute atomic E-state index is 0. The summed E-state index contributed by atoms with van der Waals surface area (Å²) in [6.45, 7) is 9.42. The van der Waals surface area contributed by atoms with Crippen LogP contribution in [0.25, 0.3) is 11.8 Å². The monoisotopic (exact) mass is 469 g/mol. The van der Waals surface area contributed by atoms with Crippen LogP contribution in [0.1, 0.15) is 89.5 Å². The fourth-order valence-corrected chi connectivity index (χ4v) is 3.55. The van der Waals surface area contributed by atoms with Crippen LogP contribution in [0, 0.1) is 5.92 Å². The second kappa shape index (κ2) is 13.3. The van der Waals surface area contributed by atoms with Crippen molar-refractivity contribution in [2.24, 2.45) is 11.7 Å². The average Bonchev–Trinajstić information content (AvgIpc) is 3.46. The van der Waals surface area contributed by atoms with Gasteiger partial charge in [0.2, 0.25) is 0 Å². The van der Waals surface area contributed by atoms with Crippen LogP contribution in [0.4, 0.5) is 0 Å². The highest BCUT2D eigenvalue weighted by atomic mass is 35.5. The molecule has 33 heavy (non-hydrogen) atoms. The Bertz CT molecular complexity index is 1010. The molecule has 3 aromatic rings. The molecule has 0 radical (unpaired) electrons. The quantitative estimate of drug-likeness (QED) is 0.408. The molecule has 2 aromatic carbocycles. The molecule has 0 bridgehead atoms. The third-order valence-corrected chi connectivity index (χ3v) is 5.55. The molecular weight excluding hydrogens is 430 g/mol. The lowest BCUT2D eigenvalue weighted by atomic mass is 9.95. The largest absolute Gasteiger partial charge is 0.326 e. The first-order chi connectivity index (χ1) is 14.9. The second-order valence-electron chi connectivity index (χ2n) is 8.65. The van der Waals surface area contributed by atoms with Crippen LogP contribution < -0.4 is 5.73 Å². The molecule has 4 rings (SSSR count). The molecule has 1 aromatic heterocycles. The molecule has 0 aliphatic heterocycles. The van der Waals surface area contributed by atoms with E-state index in [1.165, 1.54) is 29.5 Å². The number of nitrogens with two attached hydrogens (primary N) is 1. The van der Waals surface area contributed by atoms with Crippen LogP contribution in [0.3, 0.4) is 0 Å². The molecule has 1 heterocycles. The van der Waals surface area contributed by atoms with Crippen molar-refractivity contribution >= 4 is 17.7 Å². The summed E-state index contributed by atoms with van der Waals surface area (Å²) in [5.74, 6) is 1.92. The van der Waals surface area contributed by atoms with Gasteiger partial charge in [0.15, 0.2) is 0 Å². The first kappa shape index (κ1) is 28.5. The van der Waals surface area contributed by atoms with E-state index in [0.717, 1.165) is 17.2 Å². The van der Waals surface area contributed by atoms with E-state index in [2.05, 4.69) is 67.5 Å². The molecule has 180 valence electrons. The molecule has 1 saturated carbocycles. The van der Waals surface area contributed by atoms with E-state index in [-0.39, 0.29) is 14.9 Å². The summed E-state index contributed by atoms with van der Waals surface area (Å²) in [4.78, 5) is 0. The van der Waals surface area contributed by atoms with Crippen LogP contribution in [0.2, 0.25) is 5.02 Å². The Balaban J connectivity index is 0.000000316. The number of hydrogen-bond acceptors (Lipinski definition) is 4. The maximum atomic E-state index is 6.00. The lowest BCUT2D eigenvalue weighted by molar-refractivity contribution is 0.787. The molecule has 5 nitrogen and oxygen atoms in total. The summed E-state index contributed by atoms with van der Waals surface area (Å²) >= 11 is 6.00. The third-order valence-electron chi connectivity index (χ3n) is 5.32. The van der Waals surface area contributed by atoms with Gasteiger partial charge in [-0.2, -0.15) is 4.68 Å². The molecule has 0 unspecified atom stereocenters. The third kappa shape index (κ3) is 8.09. The van der Waals surface area contributed by atoms with Crippen LogP contribution in [-0.2, 0) is 6.54 Å². The fourth-order valence-electron chi connectivity index (χ4n) is 3.37. The van der Waals surface area contributed by atoms with Crippen molar-refractivity contribution < 1.29 is 0 Å². The van der Waals surface area contributed by atoms with Gasteiger partial charge in [-0.25, -0.2) is 0 Å². The van der Waals surface area contributed by atoms with Crippen LogP contribution in [0.15, 0.2) is 48.8 Å². The van der Waals surface area contributed by atoms with Crippen LogP contribution in [0.5, 0.6) is 0 Å². The molecule has 0 saturated heterocycles. The standard InChI is InChI=1S/C13H19N.C12H13ClN4.2CH4/c1-9(2)11-5-6-12(8-14)13(7-11)10-3-4-10;1-9(2)3-4-10-7-11(13)5-6-12(10)17-8-14-15-16-17;;/h5-7,9-10H,3-4,8,14H2,1-2H3;3-9H,1-2H3;2*1H4/b;4-3+;;. The Morgan fingerprint density at radius 2 is 1.82 bits per heavy atom. The van der Waals surface area contributed by atoms with Gasteiger partial charge in [-0.15, -0.1) is 5.10 Å². The summed E-state index contributed by atoms with van der Waals surface area (Å²) in [6.07, 6.45) is 8.42. The summed E-state index contributed by atoms with van der Waals surface area (Å²) in [5.41, 5.74) is 12.0. The smallest absolute Gasteiger partial charge is 0.143 e. The topological polar surface area (TPSA) is 69.6 Å². The van der Waals surface area contributed by atoms with Gasteiger partial charge in [0.1, 0.15) is 6.33 Å². The Morgan fingerprint density at radius 1 is 1.09 bits per heavy atom. The van der Waals surface area contributed by atoms with E-state index >= 15 is 0 Å². The summed E-state index contributed by atoms with van der Waals surface area (Å²) < 4.78 is 1.62. The molecule has 1 aliphatic carbocycles. The maximum Gasteiger partial charge on any atom is 0.143 e. The normalized spacial score (nSPS) is 12.8. The van der Waals surface area contributed by atoms with Gasteiger partial charge in [-0.05, 0) is 75.9 Å². The van der Waals surface area contributed by atoms with Gasteiger partial charge in [-0.1, -0.05) is 84.5 Å². The summed E-state index contributed by atoms with van der Waals surface area (Å²) in [5, 5.41) is 11.8. The van der Waals surface area contributed by atoms with E-state index in [1.807, 2.05) is 24.3 Å². The van der Waals surface area contributed by atoms with E-state index in [4.69, 9.17) is 17.3 Å². The number of allylic oxidation sites excluding steroid dienone is 1. The first-order valence-corrected chi connectivity index (χ1v) is 11.3. The van der Waals surface area contributed by atoms with Gasteiger partial charge < -0.3 is 5.73 Å². The molecule has 6 heteroatoms. The zero-order chi connectivity index (χ0) is 22.4. The fraction of sp³-hybridized carbons (Fsp3) is 0.444. The molecule has 2 N–H and O–H groups in total. The molecule has 1 aliphatic rings. The zero-order valence-electron chi connectivity index (χ0n) is 18.8. The molecule has 0 amide bonds. The van der Waals surface area contributed by atoms with Crippen molar-refractivity contribution in [3.8, 4) is 5.69 Å². The highest BCUT2D eigenvalue weighted by Gasteiger charge is 2.25. The van der Waals surface area contributed by atoms with Crippen LogP contribution in [-0.4, -0.2) is 20.2 Å². The Hall–Kier alpha value is -2.50. The number of benzene rings is 2. The summed E-state index contributed by atoms with van der Waals surface area (Å²) in [7, 11) is 0. The lowest BCUT2D eigenvalue weighted by Crippen LogP contribution is -2.02. The predicted molar refractivity (Wildman–Crippen MR) is 142 cm³/mol. The minimum Gasteiger partial charge on any atom is -0.326 e. The minimum atomic E-state index is 0. The molecule has 0 spiro atoms. The molecule has 0 atom stereocenters. The number of aromatic nitrogens is 4. The van der Waals surface area contributed by atoms with Crippen molar-refractivity contribution in [2.75, 3.05) is 0 Å². The van der Waals surface area contributed by atoms with Crippen molar-refractivity contribution in [3.05, 3.63) is 76.1 Å². The Morgan fingerprint density at radius 3 is 2.36 bits per heavy atom. The van der Waals surface area contributed by atoms with Gasteiger partial charge in [0.05, 0.1) is 5.69 Å². The Kier molecular flexibility index (Phi) is 11.5. The van der Waals surface area contributed by atoms with Crippen LogP contribution >= 0.6 is 11.6 Å². The molecule has 1 fully saturated rings. The van der Waals surface area contributed by atoms with Gasteiger partial charge in [0.25, 0.3) is 0 Å². The molecular formula is C27H40ClN5. The highest BCUT2D eigenvalue weighted by Crippen LogP contribution is 2.42. The number of halogens is 1. The average molecular weight is 470 g/mol. The summed E-state index contributed by atoms with van der Waals surface area (Å²) in [6, 6.07) is 12.4. The number of nitrogens with zero attached hydrogens (tertiary/aromatic N) is 4. The number of hydrogen-bond donors (Lipinski definition) is 1. The number of rotatable bonds is 6. The van der Waals surface area contributed by atoms with Crippen molar-refractivity contribution in [2.45, 2.75) is 73.8 Å². The van der Waals surface area contributed by atoms with E-state index in [1.54, 1.807) is 11.0 Å². The van der Waals surface area contributed by atoms with E-state index in [0.29, 0.717) is 23.4 Å². The van der Waals surface area contributed by atoms with Crippen molar-refractivity contribution in [3.63, 3.8) is 0 Å². The van der Waals surface area contributed by atoms with E-state index in [9.17, 15) is 0 Å². The van der Waals surface area contributed by atoms with Crippen molar-refractivity contribution in [1.29, 1.82) is 0 Å².